The van der Waals surface area contributed by atoms with Crippen molar-refractivity contribution in [1.29, 1.82) is 0 Å². The summed E-state index contributed by atoms with van der Waals surface area (Å²) in [5, 5.41) is 7.43. The van der Waals surface area contributed by atoms with Gasteiger partial charge in [0, 0.05) is 64.4 Å². The number of aryl methyl sites for hydroxylation is 1. The second kappa shape index (κ2) is 12.3. The van der Waals surface area contributed by atoms with Gasteiger partial charge in [-0.25, -0.2) is 0 Å². The fourth-order valence-electron chi connectivity index (χ4n) is 6.35. The molecule has 1 saturated carbocycles. The van der Waals surface area contributed by atoms with Crippen LogP contribution in [0, 0.1) is 6.92 Å². The molecule has 0 saturated heterocycles. The zero-order valence-corrected chi connectivity index (χ0v) is 25.0. The number of H-pyrrole nitrogens is 1. The number of amides is 1. The summed E-state index contributed by atoms with van der Waals surface area (Å²) in [7, 11) is 6.02. The van der Waals surface area contributed by atoms with Crippen molar-refractivity contribution in [2.75, 3.05) is 39.2 Å². The number of anilines is 1. The van der Waals surface area contributed by atoms with Crippen LogP contribution in [0.5, 0.6) is 0 Å². The normalized spacial score (nSPS) is 19.8. The summed E-state index contributed by atoms with van der Waals surface area (Å²) in [6, 6.07) is 5.56. The lowest BCUT2D eigenvalue weighted by Crippen LogP contribution is -2.42. The Bertz CT molecular complexity index is 1280. The number of carbonyl (C=O) groups is 1. The average Bonchev–Trinajstić information content (AvgIpc) is 3.30. The van der Waals surface area contributed by atoms with E-state index in [9.17, 15) is 4.79 Å². The van der Waals surface area contributed by atoms with Crippen molar-refractivity contribution >= 4 is 22.5 Å². The van der Waals surface area contributed by atoms with E-state index in [0.29, 0.717) is 18.6 Å². The van der Waals surface area contributed by atoms with Crippen LogP contribution in [-0.4, -0.2) is 62.2 Å². The van der Waals surface area contributed by atoms with Crippen LogP contribution in [0.4, 0.5) is 5.69 Å². The molecule has 1 fully saturated rings. The molecule has 4 rings (SSSR count). The molecule has 212 valence electrons. The number of nitrogens with one attached hydrogen (secondary N) is 3. The number of allylic oxidation sites excluding steroid dienone is 2. The van der Waals surface area contributed by atoms with Gasteiger partial charge in [0.15, 0.2) is 0 Å². The van der Waals surface area contributed by atoms with Crippen LogP contribution in [0.25, 0.3) is 10.9 Å². The molecule has 2 aliphatic rings. The maximum atomic E-state index is 13.9. The van der Waals surface area contributed by atoms with E-state index in [2.05, 4.69) is 79.0 Å². The molecule has 1 amide bonds. The van der Waals surface area contributed by atoms with Crippen molar-refractivity contribution in [3.05, 3.63) is 64.3 Å². The van der Waals surface area contributed by atoms with Crippen LogP contribution >= 0.6 is 0 Å². The highest BCUT2D eigenvalue weighted by atomic mass is 16.5. The summed E-state index contributed by atoms with van der Waals surface area (Å²) in [6.45, 7) is 13.9. The molecule has 3 N–H and O–H groups in total. The number of dihydropyridines is 1. The molecule has 0 spiro atoms. The van der Waals surface area contributed by atoms with E-state index in [1.54, 1.807) is 7.11 Å². The SMILES string of the molecule is C=C1NC(C)=CC(OC)=C1CNC(=O)c1c(C)c(N(CC)[C@H]2CC[C@H](N(C)C)CC2)cc2[nH]c(CCC)cc12. The molecule has 1 aliphatic carbocycles. The van der Waals surface area contributed by atoms with Crippen molar-refractivity contribution in [2.45, 2.75) is 78.3 Å². The van der Waals surface area contributed by atoms with E-state index >= 15 is 0 Å². The number of methoxy groups -OCH3 is 1. The Labute approximate surface area is 234 Å². The summed E-state index contributed by atoms with van der Waals surface area (Å²) in [5.74, 6) is 0.653. The first kappa shape index (κ1) is 28.8. The Morgan fingerprint density at radius 3 is 2.44 bits per heavy atom. The second-order valence-corrected chi connectivity index (χ2v) is 11.3. The van der Waals surface area contributed by atoms with Crippen LogP contribution in [0.15, 0.2) is 47.5 Å². The molecule has 0 bridgehead atoms. The van der Waals surface area contributed by atoms with Gasteiger partial charge in [-0.3, -0.25) is 4.79 Å². The minimum absolute atomic E-state index is 0.0733. The van der Waals surface area contributed by atoms with Gasteiger partial charge in [-0.05, 0) is 90.7 Å². The Balaban J connectivity index is 1.70. The molecular formula is C32H47N5O2. The summed E-state index contributed by atoms with van der Waals surface area (Å²) >= 11 is 0. The van der Waals surface area contributed by atoms with Crippen LogP contribution in [0.1, 0.15) is 74.5 Å². The number of benzene rings is 1. The maximum Gasteiger partial charge on any atom is 0.252 e. The van der Waals surface area contributed by atoms with Crippen molar-refractivity contribution in [1.82, 2.24) is 20.5 Å². The molecule has 0 unspecified atom stereocenters. The van der Waals surface area contributed by atoms with Gasteiger partial charge in [-0.15, -0.1) is 0 Å². The first-order valence-electron chi connectivity index (χ1n) is 14.5. The standard InChI is InChI=1S/C32H47N5O2/c1-9-11-23-17-26-28(35-23)18-29(37(10-2)25-14-12-24(13-15-25)36(6)7)21(4)31(26)32(38)33-19-27-22(5)34-20(3)16-30(27)39-8/h16-18,24-25,34-35H,5,9-15,19H2,1-4,6-8H3,(H,33,38)/t24-,25-. The maximum absolute atomic E-state index is 13.9. The lowest BCUT2D eigenvalue weighted by atomic mass is 9.88. The van der Waals surface area contributed by atoms with Crippen LogP contribution in [0.2, 0.25) is 0 Å². The minimum atomic E-state index is -0.0733. The number of hydrogen-bond donors (Lipinski definition) is 3. The fraction of sp³-hybridized carbons (Fsp3) is 0.531. The first-order valence-corrected chi connectivity index (χ1v) is 14.5. The average molecular weight is 534 g/mol. The van der Waals surface area contributed by atoms with Gasteiger partial charge in [-0.2, -0.15) is 0 Å². The Morgan fingerprint density at radius 1 is 1.13 bits per heavy atom. The molecule has 0 atom stereocenters. The Hall–Kier alpha value is -3.19. The molecule has 7 nitrogen and oxygen atoms in total. The van der Waals surface area contributed by atoms with Gasteiger partial charge >= 0.3 is 0 Å². The van der Waals surface area contributed by atoms with E-state index in [-0.39, 0.29) is 5.91 Å². The Morgan fingerprint density at radius 2 is 1.82 bits per heavy atom. The molecule has 2 aromatic rings. The molecule has 1 aromatic heterocycles. The molecule has 39 heavy (non-hydrogen) atoms. The van der Waals surface area contributed by atoms with Crippen molar-refractivity contribution in [3.63, 3.8) is 0 Å². The predicted octanol–water partition coefficient (Wildman–Crippen LogP) is 5.78. The quantitative estimate of drug-likeness (QED) is 0.361. The smallest absolute Gasteiger partial charge is 0.252 e. The molecule has 2 heterocycles. The largest absolute Gasteiger partial charge is 0.496 e. The van der Waals surface area contributed by atoms with Gasteiger partial charge in [0.1, 0.15) is 5.76 Å². The predicted molar refractivity (Wildman–Crippen MR) is 162 cm³/mol. The van der Waals surface area contributed by atoms with Gasteiger partial charge in [0.05, 0.1) is 12.7 Å². The summed E-state index contributed by atoms with van der Waals surface area (Å²) in [6.07, 6.45) is 8.68. The van der Waals surface area contributed by atoms with E-state index in [4.69, 9.17) is 4.74 Å². The van der Waals surface area contributed by atoms with E-state index in [1.807, 2.05) is 13.0 Å². The van der Waals surface area contributed by atoms with Crippen LogP contribution in [0.3, 0.4) is 0 Å². The number of nitrogens with zero attached hydrogens (tertiary/aromatic N) is 2. The highest BCUT2D eigenvalue weighted by Crippen LogP contribution is 2.36. The number of carbonyl (C=O) groups excluding carboxylic acids is 1. The highest BCUT2D eigenvalue weighted by Gasteiger charge is 2.29. The van der Waals surface area contributed by atoms with Crippen LogP contribution in [-0.2, 0) is 11.2 Å². The number of aromatic amines is 1. The summed E-state index contributed by atoms with van der Waals surface area (Å²) in [5.41, 5.74) is 7.72. The van der Waals surface area contributed by atoms with Crippen molar-refractivity contribution in [3.8, 4) is 0 Å². The number of fused-ring (bicyclic) bond motifs is 1. The van der Waals surface area contributed by atoms with Crippen molar-refractivity contribution < 1.29 is 9.53 Å². The number of hydrogen-bond acceptors (Lipinski definition) is 5. The molecule has 1 aromatic carbocycles. The van der Waals surface area contributed by atoms with Crippen LogP contribution < -0.4 is 15.5 Å². The molecule has 1 aliphatic heterocycles. The zero-order chi connectivity index (χ0) is 28.3. The lowest BCUT2D eigenvalue weighted by Gasteiger charge is -2.40. The van der Waals surface area contributed by atoms with Gasteiger partial charge < -0.3 is 30.2 Å². The third kappa shape index (κ3) is 6.03. The third-order valence-corrected chi connectivity index (χ3v) is 8.45. The second-order valence-electron chi connectivity index (χ2n) is 11.3. The number of ether oxygens (including phenoxy) is 1. The van der Waals surface area contributed by atoms with Crippen molar-refractivity contribution in [2.24, 2.45) is 0 Å². The zero-order valence-electron chi connectivity index (χ0n) is 25.0. The fourth-order valence-corrected chi connectivity index (χ4v) is 6.35. The number of aromatic nitrogens is 1. The molecule has 7 heteroatoms. The lowest BCUT2D eigenvalue weighted by molar-refractivity contribution is 0.0958. The third-order valence-electron chi connectivity index (χ3n) is 8.45. The van der Waals surface area contributed by atoms with E-state index in [0.717, 1.165) is 82.7 Å². The molecular weight excluding hydrogens is 486 g/mol. The summed E-state index contributed by atoms with van der Waals surface area (Å²) in [4.78, 5) is 22.4. The monoisotopic (exact) mass is 533 g/mol. The topological polar surface area (TPSA) is 72.6 Å². The minimum Gasteiger partial charge on any atom is -0.496 e. The van der Waals surface area contributed by atoms with Gasteiger partial charge in [0.2, 0.25) is 0 Å². The Kier molecular flexibility index (Phi) is 9.11. The molecule has 0 radical (unpaired) electrons. The van der Waals surface area contributed by atoms with E-state index < -0.39 is 0 Å². The highest BCUT2D eigenvalue weighted by molar-refractivity contribution is 6.10. The van der Waals surface area contributed by atoms with E-state index in [1.165, 1.54) is 18.5 Å². The summed E-state index contributed by atoms with van der Waals surface area (Å²) < 4.78 is 5.60. The first-order chi connectivity index (χ1) is 18.7. The van der Waals surface area contributed by atoms with Gasteiger partial charge in [0.25, 0.3) is 5.91 Å². The van der Waals surface area contributed by atoms with Gasteiger partial charge in [-0.1, -0.05) is 19.9 Å². The number of rotatable bonds is 10.